The molecule has 1 amide bonds. The monoisotopic (exact) mass is 409 g/mol. The molecular formula is C21H29Cl2N3O. The van der Waals surface area contributed by atoms with Gasteiger partial charge in [-0.15, -0.1) is 24.8 Å². The lowest BCUT2D eigenvalue weighted by atomic mass is 10.1. The predicted octanol–water partition coefficient (Wildman–Crippen LogP) is 3.35. The Bertz CT molecular complexity index is 628. The average molecular weight is 410 g/mol. The molecule has 0 spiro atoms. The number of rotatable bonds is 6. The first-order valence-corrected chi connectivity index (χ1v) is 9.03. The summed E-state index contributed by atoms with van der Waals surface area (Å²) in [5, 5.41) is 3.34. The quantitative estimate of drug-likeness (QED) is 0.794. The number of amides is 1. The molecule has 2 aromatic rings. The molecule has 1 aliphatic heterocycles. The lowest BCUT2D eigenvalue weighted by molar-refractivity contribution is -0.135. The second-order valence-electron chi connectivity index (χ2n) is 6.76. The zero-order valence-electron chi connectivity index (χ0n) is 15.7. The standard InChI is InChI=1S/C21H27N3O.2ClH/c1-18-14-22-12-13-24(18)21(25)17-23(15-19-8-4-2-5-9-19)16-20-10-6-3-7-11-20;;/h2-11,18,22H,12-17H2,1H3;2*1H/t18-;;/m0../s1. The maximum absolute atomic E-state index is 12.9. The van der Waals surface area contributed by atoms with Crippen LogP contribution in [0.3, 0.4) is 0 Å². The van der Waals surface area contributed by atoms with Gasteiger partial charge in [0.1, 0.15) is 0 Å². The van der Waals surface area contributed by atoms with E-state index in [9.17, 15) is 4.79 Å². The van der Waals surface area contributed by atoms with Crippen molar-refractivity contribution in [1.82, 2.24) is 15.1 Å². The summed E-state index contributed by atoms with van der Waals surface area (Å²) in [5.41, 5.74) is 2.47. The second kappa shape index (κ2) is 12.0. The van der Waals surface area contributed by atoms with Gasteiger partial charge in [0, 0.05) is 38.8 Å². The highest BCUT2D eigenvalue weighted by molar-refractivity contribution is 5.85. The molecule has 148 valence electrons. The summed E-state index contributed by atoms with van der Waals surface area (Å²) < 4.78 is 0. The minimum atomic E-state index is 0. The zero-order chi connectivity index (χ0) is 17.5. The van der Waals surface area contributed by atoms with E-state index in [1.807, 2.05) is 17.0 Å². The first kappa shape index (κ1) is 23.4. The lowest BCUT2D eigenvalue weighted by Gasteiger charge is -2.35. The molecule has 0 unspecified atom stereocenters. The van der Waals surface area contributed by atoms with E-state index < -0.39 is 0 Å². The molecule has 6 heteroatoms. The van der Waals surface area contributed by atoms with Crippen LogP contribution >= 0.6 is 24.8 Å². The molecule has 0 saturated carbocycles. The van der Waals surface area contributed by atoms with E-state index in [2.05, 4.69) is 65.7 Å². The topological polar surface area (TPSA) is 35.6 Å². The molecule has 0 aliphatic carbocycles. The maximum Gasteiger partial charge on any atom is 0.237 e. The van der Waals surface area contributed by atoms with Crippen molar-refractivity contribution in [3.63, 3.8) is 0 Å². The van der Waals surface area contributed by atoms with Crippen molar-refractivity contribution in [2.45, 2.75) is 26.1 Å². The highest BCUT2D eigenvalue weighted by atomic mass is 35.5. The molecule has 0 radical (unpaired) electrons. The fourth-order valence-electron chi connectivity index (χ4n) is 3.34. The molecule has 0 bridgehead atoms. The lowest BCUT2D eigenvalue weighted by Crippen LogP contribution is -2.54. The molecule has 4 nitrogen and oxygen atoms in total. The van der Waals surface area contributed by atoms with Crippen LogP contribution in [0.15, 0.2) is 60.7 Å². The van der Waals surface area contributed by atoms with Gasteiger partial charge in [0.2, 0.25) is 5.91 Å². The van der Waals surface area contributed by atoms with Crippen LogP contribution in [0.4, 0.5) is 0 Å². The Labute approximate surface area is 174 Å². The molecule has 27 heavy (non-hydrogen) atoms. The number of carbonyl (C=O) groups is 1. The molecular weight excluding hydrogens is 381 g/mol. The van der Waals surface area contributed by atoms with Gasteiger partial charge in [-0.05, 0) is 18.1 Å². The number of carbonyl (C=O) groups excluding carboxylic acids is 1. The van der Waals surface area contributed by atoms with Crippen LogP contribution in [-0.4, -0.2) is 47.9 Å². The van der Waals surface area contributed by atoms with E-state index in [0.717, 1.165) is 32.7 Å². The molecule has 3 rings (SSSR count). The van der Waals surface area contributed by atoms with E-state index >= 15 is 0 Å². The van der Waals surface area contributed by atoms with E-state index in [1.165, 1.54) is 11.1 Å². The first-order chi connectivity index (χ1) is 12.2. The van der Waals surface area contributed by atoms with Gasteiger partial charge in [0.05, 0.1) is 6.54 Å². The summed E-state index contributed by atoms with van der Waals surface area (Å²) in [6.45, 7) is 6.68. The van der Waals surface area contributed by atoms with Crippen LogP contribution in [0.2, 0.25) is 0 Å². The fourth-order valence-corrected chi connectivity index (χ4v) is 3.34. The Morgan fingerprint density at radius 2 is 1.52 bits per heavy atom. The minimum absolute atomic E-state index is 0. The molecule has 1 N–H and O–H groups in total. The number of piperazine rings is 1. The van der Waals surface area contributed by atoms with Crippen molar-refractivity contribution in [2.24, 2.45) is 0 Å². The smallest absolute Gasteiger partial charge is 0.237 e. The number of halogens is 2. The summed E-state index contributed by atoms with van der Waals surface area (Å²) in [6, 6.07) is 21.0. The van der Waals surface area contributed by atoms with Crippen molar-refractivity contribution < 1.29 is 4.79 Å². The summed E-state index contributed by atoms with van der Waals surface area (Å²) in [5.74, 6) is 0.223. The summed E-state index contributed by atoms with van der Waals surface area (Å²) in [6.07, 6.45) is 0. The van der Waals surface area contributed by atoms with E-state index in [-0.39, 0.29) is 36.8 Å². The van der Waals surface area contributed by atoms with Crippen molar-refractivity contribution in [1.29, 1.82) is 0 Å². The van der Waals surface area contributed by atoms with Gasteiger partial charge in [-0.2, -0.15) is 0 Å². The molecule has 1 saturated heterocycles. The maximum atomic E-state index is 12.9. The summed E-state index contributed by atoms with van der Waals surface area (Å²) in [7, 11) is 0. The predicted molar refractivity (Wildman–Crippen MR) is 116 cm³/mol. The van der Waals surface area contributed by atoms with Crippen molar-refractivity contribution >= 4 is 30.7 Å². The number of nitrogens with one attached hydrogen (secondary N) is 1. The molecule has 1 heterocycles. The Balaban J connectivity index is 0.00000182. The highest BCUT2D eigenvalue weighted by Crippen LogP contribution is 2.12. The van der Waals surface area contributed by atoms with Crippen LogP contribution < -0.4 is 5.32 Å². The largest absolute Gasteiger partial charge is 0.336 e. The van der Waals surface area contributed by atoms with E-state index in [4.69, 9.17) is 0 Å². The molecule has 1 fully saturated rings. The average Bonchev–Trinajstić information content (AvgIpc) is 2.63. The molecule has 0 aromatic heterocycles. The molecule has 2 aromatic carbocycles. The minimum Gasteiger partial charge on any atom is -0.336 e. The highest BCUT2D eigenvalue weighted by Gasteiger charge is 2.24. The third-order valence-corrected chi connectivity index (χ3v) is 4.68. The number of hydrogen-bond donors (Lipinski definition) is 1. The van der Waals surface area contributed by atoms with Crippen LogP contribution in [0.1, 0.15) is 18.1 Å². The Kier molecular flexibility index (Phi) is 10.4. The zero-order valence-corrected chi connectivity index (χ0v) is 17.3. The van der Waals surface area contributed by atoms with Crippen molar-refractivity contribution in [3.8, 4) is 0 Å². The molecule has 1 aliphatic rings. The van der Waals surface area contributed by atoms with E-state index in [1.54, 1.807) is 0 Å². The van der Waals surface area contributed by atoms with Crippen LogP contribution in [0, 0.1) is 0 Å². The van der Waals surface area contributed by atoms with Gasteiger partial charge in [-0.1, -0.05) is 60.7 Å². The Morgan fingerprint density at radius 1 is 1.00 bits per heavy atom. The third kappa shape index (κ3) is 7.15. The van der Waals surface area contributed by atoms with Crippen LogP contribution in [0.25, 0.3) is 0 Å². The van der Waals surface area contributed by atoms with Crippen molar-refractivity contribution in [3.05, 3.63) is 71.8 Å². The van der Waals surface area contributed by atoms with Crippen LogP contribution in [-0.2, 0) is 17.9 Å². The van der Waals surface area contributed by atoms with Gasteiger partial charge in [-0.25, -0.2) is 0 Å². The van der Waals surface area contributed by atoms with Gasteiger partial charge >= 0.3 is 0 Å². The van der Waals surface area contributed by atoms with Gasteiger partial charge < -0.3 is 10.2 Å². The Morgan fingerprint density at radius 3 is 2.00 bits per heavy atom. The fraction of sp³-hybridized carbons (Fsp3) is 0.381. The SMILES string of the molecule is C[C@H]1CNCCN1C(=O)CN(Cc1ccccc1)Cc1ccccc1.Cl.Cl. The van der Waals surface area contributed by atoms with Crippen LogP contribution in [0.5, 0.6) is 0 Å². The second-order valence-corrected chi connectivity index (χ2v) is 6.76. The first-order valence-electron chi connectivity index (χ1n) is 9.03. The van der Waals surface area contributed by atoms with Gasteiger partial charge in [-0.3, -0.25) is 9.69 Å². The summed E-state index contributed by atoms with van der Waals surface area (Å²) in [4.78, 5) is 17.1. The number of hydrogen-bond acceptors (Lipinski definition) is 3. The van der Waals surface area contributed by atoms with Gasteiger partial charge in [0.15, 0.2) is 0 Å². The van der Waals surface area contributed by atoms with Gasteiger partial charge in [0.25, 0.3) is 0 Å². The van der Waals surface area contributed by atoms with E-state index in [0.29, 0.717) is 6.54 Å². The third-order valence-electron chi connectivity index (χ3n) is 4.68. The summed E-state index contributed by atoms with van der Waals surface area (Å²) >= 11 is 0. The normalized spacial score (nSPS) is 16.4. The van der Waals surface area contributed by atoms with Crippen molar-refractivity contribution in [2.75, 3.05) is 26.2 Å². The molecule has 1 atom stereocenters. The number of nitrogens with zero attached hydrogens (tertiary/aromatic N) is 2. The Hall–Kier alpha value is -1.59. The number of benzene rings is 2.